The molecule has 0 spiro atoms. The highest BCUT2D eigenvalue weighted by Crippen LogP contribution is 2.37. The predicted octanol–water partition coefficient (Wildman–Crippen LogP) is 1.20. The van der Waals surface area contributed by atoms with Crippen LogP contribution in [0.3, 0.4) is 0 Å². The van der Waals surface area contributed by atoms with Crippen molar-refractivity contribution in [3.63, 3.8) is 0 Å². The maximum atomic E-state index is 14.3. The number of benzene rings is 3. The Morgan fingerprint density at radius 2 is 1.11 bits per heavy atom. The number of aliphatic carboxylic acids is 1. The van der Waals surface area contributed by atoms with Crippen LogP contribution in [-0.4, -0.2) is 103 Å². The zero-order chi connectivity index (χ0) is 47.0. The van der Waals surface area contributed by atoms with Crippen molar-refractivity contribution < 1.29 is 63.0 Å². The molecule has 5 amide bonds. The van der Waals surface area contributed by atoms with Crippen molar-refractivity contribution in [1.29, 1.82) is 0 Å². The molecule has 0 aliphatic carbocycles. The molecule has 19 nitrogen and oxygen atoms in total. The lowest BCUT2D eigenvalue weighted by Gasteiger charge is -2.30. The fraction of sp³-hybridized carbons (Fsp3) is 0.442. The molecule has 0 aliphatic heterocycles. The van der Waals surface area contributed by atoms with Crippen molar-refractivity contribution in [3.8, 4) is 11.5 Å². The standard InChI is InChI=1S/C43H59N6O13P/c1-6-25(4)36(41(55)49-37(26(5)50)42(56)47-35(43(57)58)23-27-10-8-7-9-11-27)48-40(54)34(22-29-14-18-31(19-15-29)62-63(59,60)61)46-39(53)33(20-24(2)3)45-38(52)32(44)21-28-12-16-30(51)17-13-28/h7-19,24-26,32-37,50-51H,6,20-23,44H2,1-5H3,(H,45,52)(H,46,53)(H,47,56)(H,48,54)(H,49,55)(H,57,58)(H2,59,60,61)/t25-,26+,32-,33-,34-,35-,36-,37-/m0/s1. The summed E-state index contributed by atoms with van der Waals surface area (Å²) in [5.74, 6) is -6.42. The third-order valence-electron chi connectivity index (χ3n) is 10.0. The van der Waals surface area contributed by atoms with Crippen LogP contribution in [-0.2, 0) is 52.6 Å². The number of carbonyl (C=O) groups excluding carboxylic acids is 5. The number of aliphatic hydroxyl groups excluding tert-OH is 1. The summed E-state index contributed by atoms with van der Waals surface area (Å²) in [5, 5.41) is 42.9. The number of phosphoric ester groups is 1. The summed E-state index contributed by atoms with van der Waals surface area (Å²) in [6, 6.07) is 11.8. The quantitative estimate of drug-likeness (QED) is 0.0564. The number of nitrogens with one attached hydrogen (secondary N) is 5. The summed E-state index contributed by atoms with van der Waals surface area (Å²) in [6.07, 6.45) is -1.30. The molecule has 0 saturated carbocycles. The molecule has 344 valence electrons. The molecule has 0 aromatic heterocycles. The topological polar surface area (TPSA) is 316 Å². The van der Waals surface area contributed by atoms with Crippen LogP contribution in [0, 0.1) is 11.8 Å². The monoisotopic (exact) mass is 898 g/mol. The minimum atomic E-state index is -4.90. The van der Waals surface area contributed by atoms with Crippen molar-refractivity contribution in [2.45, 2.75) is 109 Å². The van der Waals surface area contributed by atoms with Crippen molar-refractivity contribution >= 4 is 43.3 Å². The van der Waals surface area contributed by atoms with E-state index in [1.807, 2.05) is 13.8 Å². The highest BCUT2D eigenvalue weighted by Gasteiger charge is 2.36. The number of nitrogens with two attached hydrogens (primary N) is 1. The van der Waals surface area contributed by atoms with Gasteiger partial charge in [0.15, 0.2) is 0 Å². The number of rotatable bonds is 24. The molecule has 12 N–H and O–H groups in total. The summed E-state index contributed by atoms with van der Waals surface area (Å²) in [5.41, 5.74) is 7.85. The summed E-state index contributed by atoms with van der Waals surface area (Å²) in [7, 11) is -4.90. The molecule has 0 saturated heterocycles. The minimum Gasteiger partial charge on any atom is -0.508 e. The van der Waals surface area contributed by atoms with Crippen molar-refractivity contribution in [3.05, 3.63) is 95.6 Å². The average Bonchev–Trinajstić information content (AvgIpc) is 3.21. The number of amides is 5. The van der Waals surface area contributed by atoms with Crippen molar-refractivity contribution in [1.82, 2.24) is 26.6 Å². The zero-order valence-electron chi connectivity index (χ0n) is 35.8. The van der Waals surface area contributed by atoms with Crippen molar-refractivity contribution in [2.75, 3.05) is 0 Å². The largest absolute Gasteiger partial charge is 0.524 e. The van der Waals surface area contributed by atoms with Gasteiger partial charge in [0.1, 0.15) is 41.7 Å². The van der Waals surface area contributed by atoms with Gasteiger partial charge in [-0.05, 0) is 72.6 Å². The van der Waals surface area contributed by atoms with E-state index in [4.69, 9.17) is 5.73 Å². The van der Waals surface area contributed by atoms with Crippen LogP contribution in [0.2, 0.25) is 0 Å². The van der Waals surface area contributed by atoms with E-state index in [9.17, 15) is 58.4 Å². The van der Waals surface area contributed by atoms with Gasteiger partial charge in [0.25, 0.3) is 0 Å². The second-order valence-electron chi connectivity index (χ2n) is 15.8. The van der Waals surface area contributed by atoms with E-state index in [0.29, 0.717) is 23.1 Å². The summed E-state index contributed by atoms with van der Waals surface area (Å²) >= 11 is 0. The van der Waals surface area contributed by atoms with Crippen LogP contribution in [0.5, 0.6) is 11.5 Å². The Morgan fingerprint density at radius 1 is 0.635 bits per heavy atom. The summed E-state index contributed by atoms with van der Waals surface area (Å²) in [4.78, 5) is 99.5. The van der Waals surface area contributed by atoms with Gasteiger partial charge in [0.2, 0.25) is 29.5 Å². The summed E-state index contributed by atoms with van der Waals surface area (Å²) < 4.78 is 16.0. The predicted molar refractivity (Wildman–Crippen MR) is 231 cm³/mol. The molecular weight excluding hydrogens is 839 g/mol. The Labute approximate surface area is 365 Å². The maximum Gasteiger partial charge on any atom is 0.524 e. The molecule has 20 heteroatoms. The molecule has 3 aromatic carbocycles. The Balaban J connectivity index is 1.89. The number of carboxylic acids is 1. The van der Waals surface area contributed by atoms with E-state index in [1.165, 1.54) is 43.3 Å². The molecule has 8 atom stereocenters. The van der Waals surface area contributed by atoms with Gasteiger partial charge in [0, 0.05) is 12.8 Å². The molecule has 0 unspecified atom stereocenters. The first kappa shape index (κ1) is 51.5. The van der Waals surface area contributed by atoms with E-state index in [2.05, 4.69) is 31.1 Å². The van der Waals surface area contributed by atoms with Crippen molar-refractivity contribution in [2.24, 2.45) is 17.6 Å². The van der Waals surface area contributed by atoms with Gasteiger partial charge in [-0.15, -0.1) is 0 Å². The van der Waals surface area contributed by atoms with Crippen LogP contribution in [0.4, 0.5) is 0 Å². The molecular formula is C43H59N6O13P. The van der Waals surface area contributed by atoms with Crippen LogP contribution < -0.4 is 36.8 Å². The average molecular weight is 899 g/mol. The van der Waals surface area contributed by atoms with Gasteiger partial charge in [-0.1, -0.05) is 88.7 Å². The van der Waals surface area contributed by atoms with Crippen LogP contribution in [0.15, 0.2) is 78.9 Å². The highest BCUT2D eigenvalue weighted by atomic mass is 31.2. The van der Waals surface area contributed by atoms with Gasteiger partial charge < -0.3 is 52.2 Å². The number of hydrogen-bond donors (Lipinski definition) is 11. The number of aromatic hydroxyl groups is 1. The number of phenols is 1. The van der Waals surface area contributed by atoms with Gasteiger partial charge in [0.05, 0.1) is 12.1 Å². The molecule has 0 heterocycles. The zero-order valence-corrected chi connectivity index (χ0v) is 36.7. The van der Waals surface area contributed by atoms with Gasteiger partial charge in [-0.3, -0.25) is 33.8 Å². The van der Waals surface area contributed by atoms with Gasteiger partial charge >= 0.3 is 13.8 Å². The Morgan fingerprint density at radius 3 is 1.65 bits per heavy atom. The Hall–Kier alpha value is -5.85. The molecule has 3 rings (SSSR count). The fourth-order valence-corrected chi connectivity index (χ4v) is 6.81. The number of hydrogen-bond acceptors (Lipinski definition) is 11. The molecule has 0 aliphatic rings. The maximum absolute atomic E-state index is 14.3. The first-order valence-corrected chi connectivity index (χ1v) is 21.9. The second kappa shape index (κ2) is 24.1. The minimum absolute atomic E-state index is 0.0303. The smallest absolute Gasteiger partial charge is 0.508 e. The Bertz CT molecular complexity index is 2050. The fourth-order valence-electron chi connectivity index (χ4n) is 6.42. The van der Waals surface area contributed by atoms with E-state index in [1.54, 1.807) is 56.3 Å². The van der Waals surface area contributed by atoms with Gasteiger partial charge in [-0.25, -0.2) is 9.36 Å². The first-order valence-electron chi connectivity index (χ1n) is 20.4. The molecule has 63 heavy (non-hydrogen) atoms. The highest BCUT2D eigenvalue weighted by molar-refractivity contribution is 7.46. The van der Waals surface area contributed by atoms with Crippen LogP contribution >= 0.6 is 7.82 Å². The normalized spacial score (nSPS) is 15.3. The lowest BCUT2D eigenvalue weighted by molar-refractivity contribution is -0.143. The second-order valence-corrected chi connectivity index (χ2v) is 17.0. The third kappa shape index (κ3) is 17.4. The van der Waals surface area contributed by atoms with Gasteiger partial charge in [-0.2, -0.15) is 0 Å². The van der Waals surface area contributed by atoms with Crippen LogP contribution in [0.1, 0.15) is 64.2 Å². The SMILES string of the molecule is CC[C@H](C)[C@H](NC(=O)[C@H](Cc1ccc(OP(=O)(O)O)cc1)NC(=O)[C@H](CC(C)C)NC(=O)[C@@H](N)Cc1ccc(O)cc1)C(=O)N[C@H](C(=O)N[C@@H](Cc1ccccc1)C(=O)O)[C@@H](C)O. The summed E-state index contributed by atoms with van der Waals surface area (Å²) in [6.45, 7) is 8.24. The van der Waals surface area contributed by atoms with Crippen LogP contribution in [0.25, 0.3) is 0 Å². The number of carbonyl (C=O) groups is 6. The Kier molecular flexibility index (Phi) is 19.7. The number of phosphoric acid groups is 1. The number of phenolic OH excluding ortho intramolecular Hbond substituents is 1. The number of aliphatic hydroxyl groups is 1. The molecule has 0 radical (unpaired) electrons. The number of carboxylic acid groups (broad SMARTS) is 1. The van der Waals surface area contributed by atoms with E-state index >= 15 is 0 Å². The lowest BCUT2D eigenvalue weighted by Crippen LogP contribution is -2.62. The lowest BCUT2D eigenvalue weighted by atomic mass is 9.96. The molecule has 3 aromatic rings. The molecule has 0 fully saturated rings. The van der Waals surface area contributed by atoms with E-state index in [0.717, 1.165) is 0 Å². The third-order valence-corrected chi connectivity index (χ3v) is 10.5. The van der Waals surface area contributed by atoms with E-state index in [-0.39, 0.29) is 43.1 Å². The first-order chi connectivity index (χ1) is 29.6. The molecule has 0 bridgehead atoms. The van der Waals surface area contributed by atoms with E-state index < -0.39 is 91.6 Å².